The number of rotatable bonds is 9. The van der Waals surface area contributed by atoms with Crippen LogP contribution in [-0.2, 0) is 24.6 Å². The standard InChI is InChI=1S/C22H22N4O8S3/c1-25(14-17-3-2-12-34-17)37(32,33)19-8-4-15(5-9-19)21(27)24-22-23-13-20(35-22)36(30,31)18-10-6-16(7-11-18)26(28)29/h4-11,13,17H,2-3,12,14H2,1H3,(H,23,24,27). The fraction of sp³-hybridized carbons (Fsp3) is 0.273. The third-order valence-electron chi connectivity index (χ3n) is 5.64. The van der Waals surface area contributed by atoms with Gasteiger partial charge in [0.25, 0.3) is 11.6 Å². The van der Waals surface area contributed by atoms with Gasteiger partial charge in [-0.15, -0.1) is 0 Å². The highest BCUT2D eigenvalue weighted by Gasteiger charge is 2.27. The fourth-order valence-electron chi connectivity index (χ4n) is 3.61. The number of benzene rings is 2. The molecule has 1 N–H and O–H groups in total. The molecule has 12 nitrogen and oxygen atoms in total. The molecule has 4 rings (SSSR count). The van der Waals surface area contributed by atoms with Gasteiger partial charge in [0.2, 0.25) is 19.9 Å². The maximum atomic E-state index is 12.8. The van der Waals surface area contributed by atoms with E-state index in [4.69, 9.17) is 4.74 Å². The van der Waals surface area contributed by atoms with Crippen molar-refractivity contribution in [3.63, 3.8) is 0 Å². The molecular formula is C22H22N4O8S3. The van der Waals surface area contributed by atoms with Crippen molar-refractivity contribution < 1.29 is 31.3 Å². The normalized spacial score (nSPS) is 16.1. The van der Waals surface area contributed by atoms with E-state index in [2.05, 4.69) is 10.3 Å². The fourth-order valence-corrected chi connectivity index (χ4v) is 7.24. The lowest BCUT2D eigenvalue weighted by Gasteiger charge is -2.20. The van der Waals surface area contributed by atoms with Crippen molar-refractivity contribution in [1.82, 2.24) is 9.29 Å². The third kappa shape index (κ3) is 5.86. The molecule has 1 atom stereocenters. The summed E-state index contributed by atoms with van der Waals surface area (Å²) in [5, 5.41) is 13.3. The van der Waals surface area contributed by atoms with E-state index in [0.717, 1.165) is 43.3 Å². The molecule has 15 heteroatoms. The highest BCUT2D eigenvalue weighted by Crippen LogP contribution is 2.30. The topological polar surface area (TPSA) is 166 Å². The van der Waals surface area contributed by atoms with Crippen molar-refractivity contribution in [2.75, 3.05) is 25.5 Å². The van der Waals surface area contributed by atoms with Gasteiger partial charge in [0.05, 0.1) is 27.0 Å². The van der Waals surface area contributed by atoms with Crippen molar-refractivity contribution in [3.05, 3.63) is 70.4 Å². The number of aromatic nitrogens is 1. The summed E-state index contributed by atoms with van der Waals surface area (Å²) in [4.78, 5) is 26.6. The summed E-state index contributed by atoms with van der Waals surface area (Å²) in [6, 6.07) is 9.76. The molecule has 0 bridgehead atoms. The first-order valence-corrected chi connectivity index (χ1v) is 14.7. The number of ether oxygens (including phenoxy) is 1. The van der Waals surface area contributed by atoms with Gasteiger partial charge in [0.15, 0.2) is 5.13 Å². The average molecular weight is 567 g/mol. The zero-order valence-electron chi connectivity index (χ0n) is 19.4. The van der Waals surface area contributed by atoms with Crippen LogP contribution in [0.4, 0.5) is 10.8 Å². The highest BCUT2D eigenvalue weighted by atomic mass is 32.2. The van der Waals surface area contributed by atoms with Crippen LogP contribution in [0.2, 0.25) is 0 Å². The average Bonchev–Trinajstić information content (AvgIpc) is 3.57. The van der Waals surface area contributed by atoms with E-state index in [1.165, 1.54) is 35.6 Å². The third-order valence-corrected chi connectivity index (χ3v) is 10.6. The number of sulfonamides is 1. The molecule has 1 saturated heterocycles. The number of nitrogens with zero attached hydrogens (tertiary/aromatic N) is 3. The first-order valence-electron chi connectivity index (χ1n) is 10.9. The molecule has 196 valence electrons. The molecule has 1 fully saturated rings. The molecule has 37 heavy (non-hydrogen) atoms. The Morgan fingerprint density at radius 1 is 1.14 bits per heavy atom. The number of carbonyl (C=O) groups excluding carboxylic acids is 1. The maximum absolute atomic E-state index is 12.8. The maximum Gasteiger partial charge on any atom is 0.269 e. The van der Waals surface area contributed by atoms with Gasteiger partial charge in [-0.25, -0.2) is 21.8 Å². The number of thiazole rings is 1. The predicted octanol–water partition coefficient (Wildman–Crippen LogP) is 2.94. The van der Waals surface area contributed by atoms with Crippen LogP contribution in [0.5, 0.6) is 0 Å². The van der Waals surface area contributed by atoms with Crippen molar-refractivity contribution in [3.8, 4) is 0 Å². The van der Waals surface area contributed by atoms with E-state index in [9.17, 15) is 31.7 Å². The molecule has 1 aromatic heterocycles. The number of sulfone groups is 1. The van der Waals surface area contributed by atoms with Gasteiger partial charge in [0.1, 0.15) is 4.21 Å². The molecule has 1 amide bonds. The number of hydrogen-bond donors (Lipinski definition) is 1. The Kier molecular flexibility index (Phi) is 7.70. The number of nitro benzene ring substituents is 1. The Morgan fingerprint density at radius 3 is 2.38 bits per heavy atom. The molecular weight excluding hydrogens is 544 g/mol. The second-order valence-electron chi connectivity index (χ2n) is 8.14. The summed E-state index contributed by atoms with van der Waals surface area (Å²) >= 11 is 0.715. The van der Waals surface area contributed by atoms with Crippen molar-refractivity contribution >= 4 is 47.9 Å². The lowest BCUT2D eigenvalue weighted by Crippen LogP contribution is -2.34. The minimum atomic E-state index is -4.00. The van der Waals surface area contributed by atoms with Crippen LogP contribution in [0.15, 0.2) is 68.7 Å². The van der Waals surface area contributed by atoms with Gasteiger partial charge in [0, 0.05) is 37.9 Å². The second kappa shape index (κ2) is 10.6. The van der Waals surface area contributed by atoms with Crippen molar-refractivity contribution in [2.45, 2.75) is 32.9 Å². The first-order chi connectivity index (χ1) is 17.5. The Morgan fingerprint density at radius 2 is 1.78 bits per heavy atom. The molecule has 2 aromatic carbocycles. The Labute approximate surface area is 217 Å². The number of non-ortho nitro benzene ring substituents is 1. The van der Waals surface area contributed by atoms with Gasteiger partial charge in [-0.2, -0.15) is 4.31 Å². The van der Waals surface area contributed by atoms with Crippen molar-refractivity contribution in [2.24, 2.45) is 0 Å². The first kappa shape index (κ1) is 26.8. The van der Waals surface area contributed by atoms with E-state index in [1.807, 2.05) is 0 Å². The summed E-state index contributed by atoms with van der Waals surface area (Å²) in [5.74, 6) is -0.606. The molecule has 2 heterocycles. The number of nitro groups is 1. The van der Waals surface area contributed by atoms with Gasteiger partial charge in [-0.1, -0.05) is 11.3 Å². The minimum absolute atomic E-state index is 0.0125. The summed E-state index contributed by atoms with van der Waals surface area (Å²) in [5.41, 5.74) is -0.0970. The lowest BCUT2D eigenvalue weighted by atomic mass is 10.2. The highest BCUT2D eigenvalue weighted by molar-refractivity contribution is 7.93. The number of hydrogen-bond acceptors (Lipinski definition) is 10. The minimum Gasteiger partial charge on any atom is -0.377 e. The van der Waals surface area contributed by atoms with Crippen LogP contribution in [0.3, 0.4) is 0 Å². The van der Waals surface area contributed by atoms with E-state index in [1.54, 1.807) is 0 Å². The lowest BCUT2D eigenvalue weighted by molar-refractivity contribution is -0.384. The van der Waals surface area contributed by atoms with Gasteiger partial charge < -0.3 is 4.74 Å². The second-order valence-corrected chi connectivity index (χ2v) is 13.4. The quantitative estimate of drug-likeness (QED) is 0.303. The van der Waals surface area contributed by atoms with E-state index in [-0.39, 0.29) is 43.0 Å². The van der Waals surface area contributed by atoms with Crippen LogP contribution in [-0.4, -0.2) is 63.3 Å². The molecule has 0 spiro atoms. The Hall–Kier alpha value is -3.24. The Balaban J connectivity index is 1.43. The monoisotopic (exact) mass is 566 g/mol. The SMILES string of the molecule is CN(CC1CCCO1)S(=O)(=O)c1ccc(C(=O)Nc2ncc(S(=O)(=O)c3ccc([N+](=O)[O-])cc3)s2)cc1. The number of anilines is 1. The number of likely N-dealkylation sites (N-methyl/N-ethyl adjacent to an activating group) is 1. The summed E-state index contributed by atoms with van der Waals surface area (Å²) < 4.78 is 57.8. The zero-order chi connectivity index (χ0) is 26.8. The number of carbonyl (C=O) groups is 1. The molecule has 3 aromatic rings. The number of nitrogens with one attached hydrogen (secondary N) is 1. The van der Waals surface area contributed by atoms with Gasteiger partial charge in [-0.05, 0) is 49.2 Å². The van der Waals surface area contributed by atoms with Crippen LogP contribution >= 0.6 is 11.3 Å². The van der Waals surface area contributed by atoms with Gasteiger partial charge >= 0.3 is 0 Å². The molecule has 1 aliphatic heterocycles. The molecule has 1 unspecified atom stereocenters. The van der Waals surface area contributed by atoms with Crippen LogP contribution in [0.1, 0.15) is 23.2 Å². The molecule has 0 radical (unpaired) electrons. The predicted molar refractivity (Wildman–Crippen MR) is 134 cm³/mol. The zero-order valence-corrected chi connectivity index (χ0v) is 21.9. The summed E-state index contributed by atoms with van der Waals surface area (Å²) in [6.45, 7) is 0.853. The van der Waals surface area contributed by atoms with Crippen LogP contribution < -0.4 is 5.32 Å². The van der Waals surface area contributed by atoms with Crippen LogP contribution in [0.25, 0.3) is 0 Å². The summed E-state index contributed by atoms with van der Waals surface area (Å²) in [7, 11) is -6.29. The van der Waals surface area contributed by atoms with Crippen LogP contribution in [0, 0.1) is 10.1 Å². The van der Waals surface area contributed by atoms with E-state index in [0.29, 0.717) is 17.9 Å². The number of amides is 1. The molecule has 1 aliphatic rings. The smallest absolute Gasteiger partial charge is 0.269 e. The summed E-state index contributed by atoms with van der Waals surface area (Å²) in [6.07, 6.45) is 2.63. The van der Waals surface area contributed by atoms with Crippen molar-refractivity contribution in [1.29, 1.82) is 0 Å². The van der Waals surface area contributed by atoms with E-state index >= 15 is 0 Å². The molecule has 0 aliphatic carbocycles. The Bertz CT molecular complexity index is 1510. The van der Waals surface area contributed by atoms with Gasteiger partial charge in [-0.3, -0.25) is 20.2 Å². The largest absolute Gasteiger partial charge is 0.377 e. The molecule has 0 saturated carbocycles. The van der Waals surface area contributed by atoms with E-state index < -0.39 is 30.7 Å².